The van der Waals surface area contributed by atoms with E-state index in [9.17, 15) is 0 Å². The first-order chi connectivity index (χ1) is 7.37. The van der Waals surface area contributed by atoms with Crippen LogP contribution in [0.15, 0.2) is 24.5 Å². The van der Waals surface area contributed by atoms with E-state index in [0.29, 0.717) is 16.7 Å². The van der Waals surface area contributed by atoms with Crippen LogP contribution in [0.5, 0.6) is 0 Å². The van der Waals surface area contributed by atoms with Crippen molar-refractivity contribution >= 4 is 11.6 Å². The van der Waals surface area contributed by atoms with Gasteiger partial charge in [-0.15, -0.1) is 11.6 Å². The topological polar surface area (TPSA) is 12.9 Å². The summed E-state index contributed by atoms with van der Waals surface area (Å²) in [6, 6.07) is 4.11. The second-order valence-corrected chi connectivity index (χ2v) is 6.56. The molecule has 1 aromatic rings. The summed E-state index contributed by atoms with van der Waals surface area (Å²) >= 11 is 6.56. The molecule has 0 N–H and O–H groups in total. The van der Waals surface area contributed by atoms with Gasteiger partial charge >= 0.3 is 0 Å². The molecule has 1 aromatic heterocycles. The van der Waals surface area contributed by atoms with Gasteiger partial charge in [0.05, 0.1) is 0 Å². The van der Waals surface area contributed by atoms with Crippen LogP contribution in [0.25, 0.3) is 0 Å². The van der Waals surface area contributed by atoms with Gasteiger partial charge in [0.25, 0.3) is 0 Å². The maximum Gasteiger partial charge on any atom is 0.0415 e. The molecule has 88 valence electrons. The molecular formula is C14H20ClN. The lowest BCUT2D eigenvalue weighted by molar-refractivity contribution is 0.457. The van der Waals surface area contributed by atoms with Crippen LogP contribution in [0, 0.1) is 16.7 Å². The minimum absolute atomic E-state index is 0.229. The van der Waals surface area contributed by atoms with Crippen LogP contribution in [-0.2, 0) is 6.42 Å². The molecule has 0 aromatic carbocycles. The van der Waals surface area contributed by atoms with Gasteiger partial charge in [0.2, 0.25) is 0 Å². The normalized spacial score (nSPS) is 24.1. The van der Waals surface area contributed by atoms with E-state index in [-0.39, 0.29) is 5.38 Å². The van der Waals surface area contributed by atoms with Gasteiger partial charge in [-0.1, -0.05) is 27.7 Å². The smallest absolute Gasteiger partial charge is 0.0415 e. The van der Waals surface area contributed by atoms with Crippen molar-refractivity contribution in [2.45, 2.75) is 39.5 Å². The lowest BCUT2D eigenvalue weighted by Gasteiger charge is -2.11. The fourth-order valence-electron chi connectivity index (χ4n) is 3.01. The second-order valence-electron chi connectivity index (χ2n) is 6.00. The van der Waals surface area contributed by atoms with Crippen molar-refractivity contribution in [1.82, 2.24) is 4.98 Å². The Morgan fingerprint density at radius 3 is 2.12 bits per heavy atom. The molecule has 2 heteroatoms. The zero-order chi connectivity index (χ0) is 12.0. The van der Waals surface area contributed by atoms with Crippen molar-refractivity contribution in [3.8, 4) is 0 Å². The quantitative estimate of drug-likeness (QED) is 0.727. The molecule has 1 saturated carbocycles. The fourth-order valence-corrected chi connectivity index (χ4v) is 3.82. The highest BCUT2D eigenvalue weighted by atomic mass is 35.5. The summed E-state index contributed by atoms with van der Waals surface area (Å²) in [5.41, 5.74) is 2.02. The predicted octanol–water partition coefficient (Wildman–Crippen LogP) is 3.91. The SMILES string of the molecule is CC1(C)C(C(Cl)Cc2ccncc2)C1(C)C. The number of nitrogens with zero attached hydrogens (tertiary/aromatic N) is 1. The van der Waals surface area contributed by atoms with Gasteiger partial charge in [-0.2, -0.15) is 0 Å². The Kier molecular flexibility index (Phi) is 2.78. The molecule has 1 unspecified atom stereocenters. The van der Waals surface area contributed by atoms with Gasteiger partial charge in [0, 0.05) is 17.8 Å². The zero-order valence-corrected chi connectivity index (χ0v) is 11.3. The molecule has 1 nitrogen and oxygen atoms in total. The van der Waals surface area contributed by atoms with Crippen LogP contribution >= 0.6 is 11.6 Å². The number of pyridine rings is 1. The Balaban J connectivity index is 2.04. The van der Waals surface area contributed by atoms with E-state index >= 15 is 0 Å². The minimum Gasteiger partial charge on any atom is -0.265 e. The summed E-state index contributed by atoms with van der Waals surface area (Å²) in [6.07, 6.45) is 4.62. The molecule has 1 aliphatic carbocycles. The van der Waals surface area contributed by atoms with E-state index in [4.69, 9.17) is 11.6 Å². The molecule has 0 spiro atoms. The standard InChI is InChI=1S/C14H20ClN/c1-13(2)12(14(13,3)4)11(15)9-10-5-7-16-8-6-10/h5-8,11-12H,9H2,1-4H3. The monoisotopic (exact) mass is 237 g/mol. The minimum atomic E-state index is 0.229. The molecule has 0 amide bonds. The second kappa shape index (κ2) is 3.73. The number of hydrogen-bond acceptors (Lipinski definition) is 1. The Morgan fingerprint density at radius 2 is 1.69 bits per heavy atom. The van der Waals surface area contributed by atoms with Gasteiger partial charge in [-0.3, -0.25) is 4.98 Å². The summed E-state index contributed by atoms with van der Waals surface area (Å²) in [5.74, 6) is 0.606. The average molecular weight is 238 g/mol. The molecule has 1 aliphatic rings. The molecule has 16 heavy (non-hydrogen) atoms. The third-order valence-corrected chi connectivity index (χ3v) is 5.08. The molecular weight excluding hydrogens is 218 g/mol. The molecule has 0 aliphatic heterocycles. The van der Waals surface area contributed by atoms with Crippen LogP contribution in [0.1, 0.15) is 33.3 Å². The van der Waals surface area contributed by atoms with Crippen molar-refractivity contribution in [1.29, 1.82) is 0 Å². The fraction of sp³-hybridized carbons (Fsp3) is 0.643. The van der Waals surface area contributed by atoms with E-state index in [1.54, 1.807) is 0 Å². The molecule has 1 atom stereocenters. The molecule has 1 heterocycles. The first-order valence-electron chi connectivity index (χ1n) is 5.90. The Bertz CT molecular complexity index is 356. The van der Waals surface area contributed by atoms with E-state index in [2.05, 4.69) is 44.8 Å². The van der Waals surface area contributed by atoms with E-state index < -0.39 is 0 Å². The summed E-state index contributed by atoms with van der Waals surface area (Å²) in [7, 11) is 0. The van der Waals surface area contributed by atoms with Crippen LogP contribution in [0.4, 0.5) is 0 Å². The van der Waals surface area contributed by atoms with Crippen LogP contribution in [0.2, 0.25) is 0 Å². The maximum absolute atomic E-state index is 6.56. The number of aromatic nitrogens is 1. The third-order valence-electron chi connectivity index (χ3n) is 4.67. The van der Waals surface area contributed by atoms with Crippen molar-refractivity contribution < 1.29 is 0 Å². The van der Waals surface area contributed by atoms with E-state index in [0.717, 1.165) is 6.42 Å². The highest BCUT2D eigenvalue weighted by molar-refractivity contribution is 6.21. The predicted molar refractivity (Wildman–Crippen MR) is 68.6 cm³/mol. The number of hydrogen-bond donors (Lipinski definition) is 0. The van der Waals surface area contributed by atoms with E-state index in [1.807, 2.05) is 12.4 Å². The van der Waals surface area contributed by atoms with Crippen LogP contribution in [-0.4, -0.2) is 10.4 Å². The molecule has 1 fully saturated rings. The largest absolute Gasteiger partial charge is 0.265 e. The van der Waals surface area contributed by atoms with Crippen LogP contribution < -0.4 is 0 Å². The van der Waals surface area contributed by atoms with Crippen molar-refractivity contribution in [2.75, 3.05) is 0 Å². The van der Waals surface area contributed by atoms with Gasteiger partial charge < -0.3 is 0 Å². The molecule has 0 bridgehead atoms. The first-order valence-corrected chi connectivity index (χ1v) is 6.34. The Labute approximate surface area is 103 Å². The van der Waals surface area contributed by atoms with Crippen LogP contribution in [0.3, 0.4) is 0 Å². The average Bonchev–Trinajstić information content (AvgIpc) is 2.58. The molecule has 2 rings (SSSR count). The van der Waals surface area contributed by atoms with Gasteiger partial charge in [0.1, 0.15) is 0 Å². The van der Waals surface area contributed by atoms with Crippen molar-refractivity contribution in [3.05, 3.63) is 30.1 Å². The highest BCUT2D eigenvalue weighted by Gasteiger charge is 2.66. The van der Waals surface area contributed by atoms with E-state index in [1.165, 1.54) is 5.56 Å². The lowest BCUT2D eigenvalue weighted by Crippen LogP contribution is -2.11. The summed E-state index contributed by atoms with van der Waals surface area (Å²) < 4.78 is 0. The van der Waals surface area contributed by atoms with Gasteiger partial charge in [-0.05, 0) is 40.9 Å². The number of halogens is 1. The summed E-state index contributed by atoms with van der Waals surface area (Å²) in [5, 5.41) is 0.229. The molecule has 0 radical (unpaired) electrons. The van der Waals surface area contributed by atoms with Crippen molar-refractivity contribution in [3.63, 3.8) is 0 Å². The summed E-state index contributed by atoms with van der Waals surface area (Å²) in [4.78, 5) is 4.03. The molecule has 0 saturated heterocycles. The van der Waals surface area contributed by atoms with Gasteiger partial charge in [-0.25, -0.2) is 0 Å². The lowest BCUT2D eigenvalue weighted by atomic mass is 10.0. The zero-order valence-electron chi connectivity index (χ0n) is 10.5. The highest BCUT2D eigenvalue weighted by Crippen LogP contribution is 2.70. The number of rotatable bonds is 3. The Morgan fingerprint density at radius 1 is 1.19 bits per heavy atom. The summed E-state index contributed by atoms with van der Waals surface area (Å²) in [6.45, 7) is 9.28. The van der Waals surface area contributed by atoms with Gasteiger partial charge in [0.15, 0.2) is 0 Å². The first kappa shape index (κ1) is 11.9. The number of alkyl halides is 1. The maximum atomic E-state index is 6.56. The van der Waals surface area contributed by atoms with Crippen molar-refractivity contribution in [2.24, 2.45) is 16.7 Å². The Hall–Kier alpha value is -0.560. The third kappa shape index (κ3) is 1.75.